The molecule has 2 aromatic rings. The fourth-order valence-corrected chi connectivity index (χ4v) is 10.0. The van der Waals surface area contributed by atoms with E-state index in [1.165, 1.54) is 28.4 Å². The van der Waals surface area contributed by atoms with Crippen LogP contribution < -0.4 is 0 Å². The smallest absolute Gasteiger partial charge is 0.396 e. The van der Waals surface area contributed by atoms with Gasteiger partial charge in [0.15, 0.2) is 0 Å². The number of aliphatic hydroxyl groups excluding tert-OH is 1. The highest BCUT2D eigenvalue weighted by Crippen LogP contribution is 2.40. The van der Waals surface area contributed by atoms with E-state index in [-0.39, 0.29) is 24.0 Å². The van der Waals surface area contributed by atoms with Crippen LogP contribution in [0, 0.1) is 5.92 Å². The zero-order chi connectivity index (χ0) is 35.5. The Morgan fingerprint density at radius 2 is 1.68 bits per heavy atom. The lowest BCUT2D eigenvalue weighted by Gasteiger charge is -2.36. The second-order valence-electron chi connectivity index (χ2n) is 14.3. The van der Waals surface area contributed by atoms with Gasteiger partial charge in [-0.15, -0.1) is 11.8 Å². The Balaban J connectivity index is 1.16. The van der Waals surface area contributed by atoms with Gasteiger partial charge >= 0.3 is 6.18 Å². The van der Waals surface area contributed by atoms with E-state index >= 15 is 0 Å². The molecular weight excluding hydrogens is 690 g/mol. The molecule has 0 spiro atoms. The summed E-state index contributed by atoms with van der Waals surface area (Å²) in [5.41, 5.74) is 2.15. The normalized spacial score (nSPS) is 21.0. The third kappa shape index (κ3) is 9.06. The zero-order valence-electron chi connectivity index (χ0n) is 29.0. The Labute approximate surface area is 298 Å². The van der Waals surface area contributed by atoms with Crippen LogP contribution >= 0.6 is 11.8 Å². The molecule has 278 valence electrons. The van der Waals surface area contributed by atoms with Crippen molar-refractivity contribution in [2.24, 2.45) is 5.92 Å². The van der Waals surface area contributed by atoms with Gasteiger partial charge in [-0.05, 0) is 82.6 Å². The molecule has 1 aromatic heterocycles. The number of fused-ring (bicyclic) bond motifs is 1. The third-order valence-electron chi connectivity index (χ3n) is 11.0. The van der Waals surface area contributed by atoms with Gasteiger partial charge in [0, 0.05) is 98.8 Å². The summed E-state index contributed by atoms with van der Waals surface area (Å²) in [5, 5.41) is 14.2. The Morgan fingerprint density at radius 3 is 2.34 bits per heavy atom. The van der Waals surface area contributed by atoms with Crippen molar-refractivity contribution in [3.63, 3.8) is 0 Å². The maximum atomic E-state index is 14.2. The predicted molar refractivity (Wildman–Crippen MR) is 188 cm³/mol. The number of likely N-dealkylation sites (tertiary alicyclic amines) is 3. The van der Waals surface area contributed by atoms with E-state index in [4.69, 9.17) is 5.10 Å². The number of piperidine rings is 2. The molecule has 15 heteroatoms. The molecule has 3 saturated heterocycles. The van der Waals surface area contributed by atoms with Gasteiger partial charge in [-0.1, -0.05) is 6.07 Å². The molecule has 1 amide bonds. The molecule has 50 heavy (non-hydrogen) atoms. The van der Waals surface area contributed by atoms with Gasteiger partial charge in [0.05, 0.1) is 17.5 Å². The molecule has 6 rings (SSSR count). The molecule has 0 aliphatic carbocycles. The van der Waals surface area contributed by atoms with Gasteiger partial charge in [0.1, 0.15) is 0 Å². The summed E-state index contributed by atoms with van der Waals surface area (Å²) in [6.07, 6.45) is 4.36. The zero-order valence-corrected chi connectivity index (χ0v) is 30.7. The molecule has 0 unspecified atom stereocenters. The highest BCUT2D eigenvalue weighted by Gasteiger charge is 2.35. The molecule has 10 nitrogen and oxygen atoms in total. The number of aliphatic hydroxyl groups is 1. The fourth-order valence-electron chi connectivity index (χ4n) is 8.11. The van der Waals surface area contributed by atoms with Gasteiger partial charge < -0.3 is 19.8 Å². The van der Waals surface area contributed by atoms with Gasteiger partial charge in [-0.3, -0.25) is 9.48 Å². The second-order valence-corrected chi connectivity index (χ2v) is 17.4. The number of benzene rings is 1. The molecule has 3 fully saturated rings. The number of amides is 1. The fraction of sp³-hybridized carbons (Fsp3) is 0.714. The molecule has 1 aromatic carbocycles. The summed E-state index contributed by atoms with van der Waals surface area (Å²) >= 11 is 1.20. The van der Waals surface area contributed by atoms with Gasteiger partial charge in [0.2, 0.25) is 15.9 Å². The average molecular weight is 741 g/mol. The van der Waals surface area contributed by atoms with Gasteiger partial charge in [-0.2, -0.15) is 22.6 Å². The number of halogens is 3. The molecule has 4 aliphatic heterocycles. The summed E-state index contributed by atoms with van der Waals surface area (Å²) in [6.45, 7) is 7.37. The van der Waals surface area contributed by atoms with Crippen LogP contribution in [-0.2, 0) is 40.5 Å². The summed E-state index contributed by atoms with van der Waals surface area (Å²) < 4.78 is 71.1. The third-order valence-corrected chi connectivity index (χ3v) is 13.3. The molecule has 0 radical (unpaired) electrons. The monoisotopic (exact) mass is 740 g/mol. The minimum Gasteiger partial charge on any atom is -0.396 e. The van der Waals surface area contributed by atoms with Crippen molar-refractivity contribution in [3.8, 4) is 11.3 Å². The van der Waals surface area contributed by atoms with Crippen molar-refractivity contribution < 1.29 is 31.5 Å². The molecule has 0 atom stereocenters. The first-order valence-corrected chi connectivity index (χ1v) is 21.0. The predicted octanol–water partition coefficient (Wildman–Crippen LogP) is 4.55. The Bertz CT molecular complexity index is 1590. The number of carbonyl (C=O) groups is 1. The number of nitrogens with zero attached hydrogens (tertiary/aromatic N) is 6. The number of aromatic nitrogens is 2. The van der Waals surface area contributed by atoms with Crippen molar-refractivity contribution in [2.75, 3.05) is 71.0 Å². The van der Waals surface area contributed by atoms with Crippen LogP contribution in [0.5, 0.6) is 0 Å². The second kappa shape index (κ2) is 16.2. The minimum atomic E-state index is -4.51. The van der Waals surface area contributed by atoms with Crippen LogP contribution in [-0.4, -0.2) is 125 Å². The molecule has 0 bridgehead atoms. The Morgan fingerprint density at radius 1 is 0.960 bits per heavy atom. The number of sulfonamides is 1. The quantitative estimate of drug-likeness (QED) is 0.299. The summed E-state index contributed by atoms with van der Waals surface area (Å²) in [4.78, 5) is 19.1. The lowest BCUT2D eigenvalue weighted by atomic mass is 9.94. The molecular formula is C35H51F3N6O4S2. The minimum absolute atomic E-state index is 0.141. The van der Waals surface area contributed by atoms with E-state index in [1.54, 1.807) is 6.07 Å². The van der Waals surface area contributed by atoms with Crippen molar-refractivity contribution in [3.05, 3.63) is 35.0 Å². The van der Waals surface area contributed by atoms with Crippen LogP contribution in [0.1, 0.15) is 68.2 Å². The summed E-state index contributed by atoms with van der Waals surface area (Å²) in [6, 6.07) is 4.53. The van der Waals surface area contributed by atoms with E-state index in [9.17, 15) is 31.5 Å². The maximum absolute atomic E-state index is 14.2. The Hall–Kier alpha value is -2.17. The highest BCUT2D eigenvalue weighted by atomic mass is 32.2. The lowest BCUT2D eigenvalue weighted by molar-refractivity contribution is -0.139. The first-order valence-electron chi connectivity index (χ1n) is 18.1. The number of rotatable bonds is 13. The number of thioether (sulfide) groups is 1. The number of alkyl halides is 3. The number of hydrogen-bond donors (Lipinski definition) is 1. The van der Waals surface area contributed by atoms with Crippen LogP contribution in [0.25, 0.3) is 11.3 Å². The SMILES string of the molecule is CS(=O)(=O)N1CCc2c(c(-c3ccc(C(F)(F)F)c(SCCN4CCC(CCO)CC4)c3)nn2CCCN2CCC(N3CCCC3=O)CC2)C1. The number of aryl methyl sites for hydroxylation is 1. The van der Waals surface area contributed by atoms with E-state index < -0.39 is 21.8 Å². The lowest BCUT2D eigenvalue weighted by Crippen LogP contribution is -2.45. The van der Waals surface area contributed by atoms with E-state index in [2.05, 4.69) is 14.7 Å². The molecule has 0 saturated carbocycles. The van der Waals surface area contributed by atoms with Gasteiger partial charge in [0.25, 0.3) is 0 Å². The van der Waals surface area contributed by atoms with E-state index in [0.717, 1.165) is 102 Å². The van der Waals surface area contributed by atoms with Crippen molar-refractivity contribution in [2.45, 2.75) is 88.0 Å². The molecule has 4 aliphatic rings. The first-order chi connectivity index (χ1) is 23.9. The van der Waals surface area contributed by atoms with Crippen molar-refractivity contribution in [1.29, 1.82) is 0 Å². The highest BCUT2D eigenvalue weighted by molar-refractivity contribution is 7.99. The number of hydrogen-bond acceptors (Lipinski definition) is 8. The Kier molecular flexibility index (Phi) is 12.2. The van der Waals surface area contributed by atoms with Gasteiger partial charge in [-0.25, -0.2) is 8.42 Å². The topological polar surface area (TPSA) is 102 Å². The maximum Gasteiger partial charge on any atom is 0.417 e. The van der Waals surface area contributed by atoms with Crippen LogP contribution in [0.15, 0.2) is 23.1 Å². The van der Waals surface area contributed by atoms with Crippen LogP contribution in [0.4, 0.5) is 13.2 Å². The van der Waals surface area contributed by atoms with Crippen molar-refractivity contribution in [1.82, 2.24) is 28.8 Å². The molecule has 5 heterocycles. The summed E-state index contributed by atoms with van der Waals surface area (Å²) in [7, 11) is -3.47. The molecule has 1 N–H and O–H groups in total. The van der Waals surface area contributed by atoms with E-state index in [1.807, 2.05) is 4.68 Å². The largest absolute Gasteiger partial charge is 0.417 e. The van der Waals surface area contributed by atoms with Crippen molar-refractivity contribution >= 4 is 27.7 Å². The average Bonchev–Trinajstić information content (AvgIpc) is 3.68. The first kappa shape index (κ1) is 37.6. The summed E-state index contributed by atoms with van der Waals surface area (Å²) in [5.74, 6) is 1.30. The van der Waals surface area contributed by atoms with Crippen LogP contribution in [0.2, 0.25) is 0 Å². The standard InChI is InChI=1S/C35H51F3N6O4S2/c1-50(47,48)42-20-11-31-29(25-42)34(39-44(31)15-3-13-40-18-9-28(10-19-40)43-14-2-4-33(43)46)27-5-6-30(35(36,37)38)32(24-27)49-23-21-41-16-7-26(8-17-41)12-22-45/h5-6,24,26,28,45H,2-4,7-23,25H2,1H3. The van der Waals surface area contributed by atoms with Crippen LogP contribution in [0.3, 0.4) is 0 Å². The van der Waals surface area contributed by atoms with E-state index in [0.29, 0.717) is 61.4 Å². The number of carbonyl (C=O) groups excluding carboxylic acids is 1.